The molecular weight excluding hydrogens is 342 g/mol. The zero-order chi connectivity index (χ0) is 18.6. The normalized spacial score (nSPS) is 20.1. The van der Waals surface area contributed by atoms with Gasteiger partial charge in [-0.15, -0.1) is 0 Å². The van der Waals surface area contributed by atoms with E-state index in [2.05, 4.69) is 32.1 Å². The number of benzene rings is 1. The van der Waals surface area contributed by atoms with Gasteiger partial charge in [-0.2, -0.15) is 10.1 Å². The molecule has 3 heterocycles. The van der Waals surface area contributed by atoms with Gasteiger partial charge in [0.2, 0.25) is 11.8 Å². The predicted molar refractivity (Wildman–Crippen MR) is 103 cm³/mol. The van der Waals surface area contributed by atoms with Crippen LogP contribution < -0.4 is 9.64 Å². The van der Waals surface area contributed by atoms with Gasteiger partial charge in [0.25, 0.3) is 0 Å². The maximum absolute atomic E-state index is 13.1. The zero-order valence-corrected chi connectivity index (χ0v) is 15.4. The van der Waals surface area contributed by atoms with Crippen molar-refractivity contribution in [1.29, 1.82) is 0 Å². The highest BCUT2D eigenvalue weighted by Gasteiger charge is 2.34. The minimum atomic E-state index is -0.0127. The molecule has 2 aliphatic rings. The molecule has 1 saturated heterocycles. The molecule has 0 aliphatic carbocycles. The number of amides is 1. The highest BCUT2D eigenvalue weighted by molar-refractivity contribution is 5.82. The first-order valence-corrected chi connectivity index (χ1v) is 9.27. The summed E-state index contributed by atoms with van der Waals surface area (Å²) in [6.07, 6.45) is 7.51. The van der Waals surface area contributed by atoms with Crippen molar-refractivity contribution >= 4 is 17.9 Å². The molecule has 0 saturated carbocycles. The third-order valence-corrected chi connectivity index (χ3v) is 5.22. The van der Waals surface area contributed by atoms with Gasteiger partial charge >= 0.3 is 0 Å². The molecule has 140 valence electrons. The van der Waals surface area contributed by atoms with Crippen LogP contribution in [0.5, 0.6) is 5.88 Å². The molecule has 1 aromatic carbocycles. The van der Waals surface area contributed by atoms with Crippen LogP contribution in [-0.2, 0) is 4.79 Å². The fraction of sp³-hybridized carbons (Fsp3) is 0.400. The topological polar surface area (TPSA) is 70.9 Å². The van der Waals surface area contributed by atoms with Crippen LogP contribution in [0.2, 0.25) is 0 Å². The molecular formula is C20H23N5O2. The number of hydrogen-bond acceptors (Lipinski definition) is 6. The molecule has 0 radical (unpaired) electrons. The molecule has 1 fully saturated rings. The lowest BCUT2D eigenvalue weighted by molar-refractivity contribution is -0.138. The van der Waals surface area contributed by atoms with Gasteiger partial charge in [-0.25, -0.2) is 5.01 Å². The summed E-state index contributed by atoms with van der Waals surface area (Å²) < 4.78 is 5.15. The van der Waals surface area contributed by atoms with Crippen LogP contribution in [0.3, 0.4) is 0 Å². The van der Waals surface area contributed by atoms with E-state index in [1.807, 2.05) is 24.4 Å². The van der Waals surface area contributed by atoms with Crippen LogP contribution in [0.25, 0.3) is 0 Å². The number of rotatable bonds is 4. The predicted octanol–water partition coefficient (Wildman–Crippen LogP) is 2.66. The van der Waals surface area contributed by atoms with Gasteiger partial charge in [0, 0.05) is 31.6 Å². The molecule has 0 bridgehead atoms. The fourth-order valence-corrected chi connectivity index (χ4v) is 3.71. The van der Waals surface area contributed by atoms with E-state index in [0.717, 1.165) is 43.7 Å². The zero-order valence-electron chi connectivity index (χ0n) is 15.4. The van der Waals surface area contributed by atoms with Crippen LogP contribution in [-0.4, -0.2) is 47.3 Å². The quantitative estimate of drug-likeness (QED) is 0.833. The molecule has 4 rings (SSSR count). The van der Waals surface area contributed by atoms with Gasteiger partial charge in [-0.1, -0.05) is 30.3 Å². The number of carbonyl (C=O) groups excluding carboxylic acids is 1. The third-order valence-electron chi connectivity index (χ3n) is 5.22. The number of piperidine rings is 1. The lowest BCUT2D eigenvalue weighted by Crippen LogP contribution is -2.41. The second kappa shape index (κ2) is 7.73. The molecule has 7 nitrogen and oxygen atoms in total. The number of carbonyl (C=O) groups is 1. The van der Waals surface area contributed by atoms with Crippen LogP contribution in [0, 0.1) is 5.92 Å². The van der Waals surface area contributed by atoms with Crippen LogP contribution in [0.1, 0.15) is 30.9 Å². The van der Waals surface area contributed by atoms with Gasteiger partial charge in [-0.3, -0.25) is 9.78 Å². The Balaban J connectivity index is 1.40. The lowest BCUT2D eigenvalue weighted by Gasteiger charge is -2.34. The Morgan fingerprint density at radius 2 is 1.93 bits per heavy atom. The summed E-state index contributed by atoms with van der Waals surface area (Å²) in [5, 5.41) is 6.06. The van der Waals surface area contributed by atoms with Crippen LogP contribution in [0.4, 0.5) is 5.82 Å². The number of methoxy groups -OCH3 is 1. The van der Waals surface area contributed by atoms with E-state index in [1.165, 1.54) is 0 Å². The summed E-state index contributed by atoms with van der Waals surface area (Å²) in [7, 11) is 1.58. The first-order chi connectivity index (χ1) is 13.3. The summed E-state index contributed by atoms with van der Waals surface area (Å²) in [6, 6.07) is 10.1. The Morgan fingerprint density at radius 1 is 1.15 bits per heavy atom. The van der Waals surface area contributed by atoms with Gasteiger partial charge in [0.05, 0.1) is 25.5 Å². The highest BCUT2D eigenvalue weighted by Crippen LogP contribution is 2.32. The molecule has 1 aromatic heterocycles. The average Bonchev–Trinajstić information content (AvgIpc) is 3.24. The maximum Gasteiger partial charge on any atom is 0.246 e. The first-order valence-electron chi connectivity index (χ1n) is 9.27. The van der Waals surface area contributed by atoms with E-state index in [1.54, 1.807) is 24.5 Å². The van der Waals surface area contributed by atoms with Crippen molar-refractivity contribution in [2.24, 2.45) is 11.0 Å². The van der Waals surface area contributed by atoms with E-state index in [9.17, 15) is 4.79 Å². The maximum atomic E-state index is 13.1. The van der Waals surface area contributed by atoms with Crippen LogP contribution >= 0.6 is 0 Å². The van der Waals surface area contributed by atoms with Crippen molar-refractivity contribution < 1.29 is 9.53 Å². The van der Waals surface area contributed by atoms with Gasteiger partial charge in [-0.05, 0) is 18.4 Å². The number of hydrazone groups is 1. The SMILES string of the molecule is COc1cncc(N2CCC(C(=O)N3N=CCC3c3ccccc3)CC2)n1. The summed E-state index contributed by atoms with van der Waals surface area (Å²) in [5.41, 5.74) is 1.13. The monoisotopic (exact) mass is 365 g/mol. The Bertz CT molecular complexity index is 818. The number of anilines is 1. The Hall–Kier alpha value is -2.96. The van der Waals surface area contributed by atoms with Gasteiger partial charge < -0.3 is 9.64 Å². The molecule has 1 amide bonds. The van der Waals surface area contributed by atoms with Crippen LogP contribution in [0.15, 0.2) is 47.8 Å². The summed E-state index contributed by atoms with van der Waals surface area (Å²) in [5.74, 6) is 1.40. The fourth-order valence-electron chi connectivity index (χ4n) is 3.71. The van der Waals surface area contributed by atoms with Crippen molar-refractivity contribution in [3.8, 4) is 5.88 Å². The molecule has 0 N–H and O–H groups in total. The number of aromatic nitrogens is 2. The van der Waals surface area contributed by atoms with Crippen molar-refractivity contribution in [2.45, 2.75) is 25.3 Å². The second-order valence-electron chi connectivity index (χ2n) is 6.82. The first kappa shape index (κ1) is 17.5. The Morgan fingerprint density at radius 3 is 2.67 bits per heavy atom. The molecule has 0 spiro atoms. The third kappa shape index (κ3) is 3.63. The summed E-state index contributed by atoms with van der Waals surface area (Å²) >= 11 is 0. The van der Waals surface area contributed by atoms with Gasteiger partial charge in [0.15, 0.2) is 5.82 Å². The average molecular weight is 365 g/mol. The molecule has 2 aromatic rings. The smallest absolute Gasteiger partial charge is 0.246 e. The Kier molecular flexibility index (Phi) is 5.00. The van der Waals surface area contributed by atoms with E-state index < -0.39 is 0 Å². The van der Waals surface area contributed by atoms with Crippen molar-refractivity contribution in [2.75, 3.05) is 25.1 Å². The minimum absolute atomic E-state index is 0.0127. The second-order valence-corrected chi connectivity index (χ2v) is 6.82. The largest absolute Gasteiger partial charge is 0.480 e. The van der Waals surface area contributed by atoms with E-state index in [4.69, 9.17) is 4.74 Å². The van der Waals surface area contributed by atoms with Crippen molar-refractivity contribution in [3.63, 3.8) is 0 Å². The standard InChI is InChI=1S/C20H23N5O2/c1-27-19-14-21-13-18(23-19)24-11-8-16(9-12-24)20(26)25-17(7-10-22-25)15-5-3-2-4-6-15/h2-6,10,13-14,16-17H,7-9,11-12H2,1H3. The number of ether oxygens (including phenoxy) is 1. The molecule has 7 heteroatoms. The van der Waals surface area contributed by atoms with E-state index in [-0.39, 0.29) is 17.9 Å². The minimum Gasteiger partial charge on any atom is -0.480 e. The molecule has 2 aliphatic heterocycles. The molecule has 27 heavy (non-hydrogen) atoms. The molecule has 1 unspecified atom stereocenters. The lowest BCUT2D eigenvalue weighted by atomic mass is 9.94. The molecule has 1 atom stereocenters. The van der Waals surface area contributed by atoms with E-state index >= 15 is 0 Å². The highest BCUT2D eigenvalue weighted by atomic mass is 16.5. The number of nitrogens with zero attached hydrogens (tertiary/aromatic N) is 5. The van der Waals surface area contributed by atoms with Gasteiger partial charge in [0.1, 0.15) is 0 Å². The van der Waals surface area contributed by atoms with E-state index in [0.29, 0.717) is 5.88 Å². The Labute approximate surface area is 158 Å². The number of hydrogen-bond donors (Lipinski definition) is 0. The summed E-state index contributed by atoms with van der Waals surface area (Å²) in [4.78, 5) is 23.8. The summed E-state index contributed by atoms with van der Waals surface area (Å²) in [6.45, 7) is 1.54. The van der Waals surface area contributed by atoms with Crippen molar-refractivity contribution in [3.05, 3.63) is 48.3 Å². The van der Waals surface area contributed by atoms with Crippen molar-refractivity contribution in [1.82, 2.24) is 15.0 Å².